The Balaban J connectivity index is 1.01. The smallest absolute Gasteiger partial charge is 0.276 e. The van der Waals surface area contributed by atoms with Crippen molar-refractivity contribution < 1.29 is 28.1 Å². The Kier molecular flexibility index (Phi) is 11.6. The fraction of sp³-hybridized carbons (Fsp3) is 0.269. The average Bonchev–Trinajstić information content (AvgIpc) is 4.14. The Morgan fingerprint density at radius 3 is 1.45 bits per heavy atom. The van der Waals surface area contributed by atoms with E-state index in [0.29, 0.717) is 46.7 Å². The van der Waals surface area contributed by atoms with Crippen LogP contribution in [-0.2, 0) is 22.3 Å². The first-order chi connectivity index (χ1) is 31.3. The quantitative estimate of drug-likeness (QED) is 0.0986. The Labute approximate surface area is 376 Å². The van der Waals surface area contributed by atoms with Gasteiger partial charge in [-0.2, -0.15) is 0 Å². The van der Waals surface area contributed by atoms with E-state index in [4.69, 9.17) is 18.9 Å². The number of ether oxygens (including phenoxy) is 4. The van der Waals surface area contributed by atoms with Crippen molar-refractivity contribution in [1.82, 2.24) is 9.34 Å². The molecule has 10 nitrogen and oxygen atoms in total. The molecular weight excluding hydrogens is 839 g/mol. The summed E-state index contributed by atoms with van der Waals surface area (Å²) in [5.41, 5.74) is 6.70. The van der Waals surface area contributed by atoms with E-state index in [-0.39, 0.29) is 25.3 Å². The molecule has 0 amide bonds. The van der Waals surface area contributed by atoms with Crippen LogP contribution in [0.5, 0.6) is 23.0 Å². The van der Waals surface area contributed by atoms with E-state index in [0.717, 1.165) is 78.0 Å². The third kappa shape index (κ3) is 7.40. The van der Waals surface area contributed by atoms with Gasteiger partial charge in [0.1, 0.15) is 46.8 Å². The van der Waals surface area contributed by atoms with Crippen LogP contribution in [0.3, 0.4) is 0 Å². The normalized spacial score (nSPS) is 22.9. The van der Waals surface area contributed by atoms with Gasteiger partial charge in [-0.15, -0.1) is 0 Å². The zero-order valence-corrected chi connectivity index (χ0v) is 38.2. The third-order valence-corrected chi connectivity index (χ3v) is 19.8. The highest BCUT2D eigenvalue weighted by Gasteiger charge is 2.55. The van der Waals surface area contributed by atoms with E-state index in [9.17, 15) is 0 Å². The highest BCUT2D eigenvalue weighted by molar-refractivity contribution is 7.72. The highest BCUT2D eigenvalue weighted by atomic mass is 31.2. The first-order valence-electron chi connectivity index (χ1n) is 22.2. The minimum atomic E-state index is -3.40. The summed E-state index contributed by atoms with van der Waals surface area (Å²) in [6.45, 7) is 7.17. The Bertz CT molecular complexity index is 2590. The lowest BCUT2D eigenvalue weighted by molar-refractivity contribution is 0.300. The van der Waals surface area contributed by atoms with Gasteiger partial charge in [0.15, 0.2) is 0 Å². The fourth-order valence-electron chi connectivity index (χ4n) is 10.2. The number of rotatable bonds is 14. The molecule has 10 rings (SSSR count). The standard InChI is InChI=1S/C52H54N4O6P2/c1-4-38-25-27-41(28-26-38)42-32-39(36-61-49-23-11-21-47(59-2)51(49)63(57)53-29-13-19-45(53)34-55(63)43-15-7-5-8-16-43)31-40(33-42)37-62-50-24-12-22-48(60-3)52(50)64(58)54-30-14-20-46(54)35-56(64)44-17-9-6-10-18-44/h4-12,15-18,21-28,31-33,45-46H,1,13-14,19-20,29-30,34-37H2,2-3H3/t45-,46-,63?,64?/m1/s1. The van der Waals surface area contributed by atoms with Gasteiger partial charge in [-0.05, 0) is 120 Å². The molecule has 0 aromatic heterocycles. The van der Waals surface area contributed by atoms with Crippen molar-refractivity contribution in [3.8, 4) is 34.1 Å². The molecule has 0 aliphatic carbocycles. The molecule has 0 spiro atoms. The number of anilines is 2. The molecule has 328 valence electrons. The lowest BCUT2D eigenvalue weighted by atomic mass is 9.99. The van der Waals surface area contributed by atoms with Crippen LogP contribution < -0.4 is 38.9 Å². The van der Waals surface area contributed by atoms with E-state index in [1.165, 1.54) is 0 Å². The largest absolute Gasteiger partial charge is 0.496 e. The number of para-hydroxylation sites is 2. The Morgan fingerprint density at radius 2 is 1.02 bits per heavy atom. The maximum absolute atomic E-state index is 15.9. The van der Waals surface area contributed by atoms with Crippen molar-refractivity contribution in [2.45, 2.75) is 51.0 Å². The molecule has 6 aromatic rings. The molecular formula is C52H54N4O6P2. The van der Waals surface area contributed by atoms with Crippen LogP contribution in [0.2, 0.25) is 0 Å². The zero-order chi connectivity index (χ0) is 43.8. The molecule has 0 N–H and O–H groups in total. The van der Waals surface area contributed by atoms with E-state index >= 15 is 9.13 Å². The second kappa shape index (κ2) is 17.7. The van der Waals surface area contributed by atoms with Gasteiger partial charge in [0, 0.05) is 49.6 Å². The van der Waals surface area contributed by atoms with Gasteiger partial charge >= 0.3 is 0 Å². The minimum absolute atomic E-state index is 0.172. The predicted molar refractivity (Wildman–Crippen MR) is 258 cm³/mol. The fourth-order valence-corrected chi connectivity index (χ4v) is 17.3. The first kappa shape index (κ1) is 42.2. The van der Waals surface area contributed by atoms with Crippen LogP contribution in [0.15, 0.2) is 146 Å². The summed E-state index contributed by atoms with van der Waals surface area (Å²) in [7, 11) is -3.54. The molecule has 4 aliphatic rings. The van der Waals surface area contributed by atoms with Crippen LogP contribution >= 0.6 is 14.9 Å². The summed E-state index contributed by atoms with van der Waals surface area (Å²) in [5.74, 6) is 2.14. The topological polar surface area (TPSA) is 84.0 Å². The molecule has 12 heteroatoms. The Morgan fingerprint density at radius 1 is 0.562 bits per heavy atom. The summed E-state index contributed by atoms with van der Waals surface area (Å²) in [5, 5.41) is 1.17. The van der Waals surface area contributed by atoms with Crippen molar-refractivity contribution in [2.75, 3.05) is 49.7 Å². The van der Waals surface area contributed by atoms with Gasteiger partial charge in [0.2, 0.25) is 0 Å². The maximum atomic E-state index is 15.9. The van der Waals surface area contributed by atoms with Crippen molar-refractivity contribution in [3.05, 3.63) is 163 Å². The molecule has 4 heterocycles. The first-order valence-corrected chi connectivity index (χ1v) is 25.4. The van der Waals surface area contributed by atoms with Gasteiger partial charge in [-0.3, -0.25) is 9.13 Å². The molecule has 4 aliphatic heterocycles. The SMILES string of the molecule is C=Cc1ccc(-c2cc(COc3cccc(OC)c3P3(=O)N(c4ccccc4)C[C@H]4CCCN43)cc(COc3cccc(OC)c3P3(=O)N(c4ccccc4)C[C@H]4CCCN43)c2)cc1. The van der Waals surface area contributed by atoms with Crippen molar-refractivity contribution >= 4 is 42.9 Å². The summed E-state index contributed by atoms with van der Waals surface area (Å²) >= 11 is 0. The molecule has 64 heavy (non-hydrogen) atoms. The monoisotopic (exact) mass is 892 g/mol. The lowest BCUT2D eigenvalue weighted by Crippen LogP contribution is -2.29. The second-order valence-electron chi connectivity index (χ2n) is 16.9. The number of hydrogen-bond donors (Lipinski definition) is 0. The molecule has 4 saturated heterocycles. The summed E-state index contributed by atoms with van der Waals surface area (Å²) in [6, 6.07) is 46.5. The number of methoxy groups -OCH3 is 2. The predicted octanol–water partition coefficient (Wildman–Crippen LogP) is 10.8. The van der Waals surface area contributed by atoms with Crippen LogP contribution in [0, 0.1) is 0 Å². The van der Waals surface area contributed by atoms with Crippen LogP contribution in [-0.4, -0.2) is 61.8 Å². The van der Waals surface area contributed by atoms with Crippen molar-refractivity contribution in [1.29, 1.82) is 0 Å². The number of fused-ring (bicyclic) bond motifs is 2. The molecule has 0 bridgehead atoms. The van der Waals surface area contributed by atoms with E-state index in [1.807, 2.05) is 103 Å². The van der Waals surface area contributed by atoms with Gasteiger partial charge in [-0.1, -0.05) is 85.5 Å². The molecule has 0 saturated carbocycles. The summed E-state index contributed by atoms with van der Waals surface area (Å²) in [4.78, 5) is 0. The molecule has 2 unspecified atom stereocenters. The summed E-state index contributed by atoms with van der Waals surface area (Å²) < 4.78 is 66.0. The van der Waals surface area contributed by atoms with Crippen molar-refractivity contribution in [3.63, 3.8) is 0 Å². The van der Waals surface area contributed by atoms with Crippen LogP contribution in [0.4, 0.5) is 11.4 Å². The second-order valence-corrected chi connectivity index (χ2v) is 22.0. The third-order valence-electron chi connectivity index (χ3n) is 13.2. The minimum Gasteiger partial charge on any atom is -0.496 e. The molecule has 4 fully saturated rings. The van der Waals surface area contributed by atoms with E-state index in [2.05, 4.69) is 67.7 Å². The summed E-state index contributed by atoms with van der Waals surface area (Å²) in [6.07, 6.45) is 5.80. The van der Waals surface area contributed by atoms with E-state index in [1.54, 1.807) is 14.2 Å². The van der Waals surface area contributed by atoms with Gasteiger partial charge < -0.3 is 28.3 Å². The Hall–Kier alpha value is -5.76. The van der Waals surface area contributed by atoms with Crippen molar-refractivity contribution in [2.24, 2.45) is 0 Å². The number of benzene rings is 6. The van der Waals surface area contributed by atoms with Crippen LogP contribution in [0.1, 0.15) is 42.4 Å². The zero-order valence-electron chi connectivity index (χ0n) is 36.4. The molecule has 4 atom stereocenters. The lowest BCUT2D eigenvalue weighted by Gasteiger charge is -2.33. The number of hydrogen-bond acceptors (Lipinski definition) is 6. The van der Waals surface area contributed by atoms with Gasteiger partial charge in [0.05, 0.1) is 14.2 Å². The van der Waals surface area contributed by atoms with Gasteiger partial charge in [0.25, 0.3) is 14.9 Å². The molecule has 6 aromatic carbocycles. The van der Waals surface area contributed by atoms with Gasteiger partial charge in [-0.25, -0.2) is 9.34 Å². The molecule has 0 radical (unpaired) electrons. The van der Waals surface area contributed by atoms with E-state index < -0.39 is 14.9 Å². The maximum Gasteiger partial charge on any atom is 0.276 e. The highest BCUT2D eigenvalue weighted by Crippen LogP contribution is 2.65. The number of nitrogens with zero attached hydrogens (tertiary/aromatic N) is 4. The van der Waals surface area contributed by atoms with Crippen LogP contribution in [0.25, 0.3) is 17.2 Å². The average molecular weight is 893 g/mol.